The molecule has 0 N–H and O–H groups in total. The van der Waals surface area contributed by atoms with Crippen molar-refractivity contribution in [3.63, 3.8) is 0 Å². The summed E-state index contributed by atoms with van der Waals surface area (Å²) in [7, 11) is 0. The molecule has 0 radical (unpaired) electrons. The molecule has 0 atom stereocenters. The molecule has 2 rings (SSSR count). The molecule has 0 aromatic heterocycles. The maximum Gasteiger partial charge on any atom is 0.417 e. The molecule has 2 aromatic rings. The van der Waals surface area contributed by atoms with Gasteiger partial charge in [-0.3, -0.25) is 4.79 Å². The van der Waals surface area contributed by atoms with Crippen molar-refractivity contribution < 1.29 is 18.0 Å². The molecule has 0 fully saturated rings. The topological polar surface area (TPSA) is 17.1 Å². The number of rotatable bonds is 2. The minimum absolute atomic E-state index is 0.116. The van der Waals surface area contributed by atoms with E-state index in [4.69, 9.17) is 23.2 Å². The van der Waals surface area contributed by atoms with Gasteiger partial charge in [-0.15, -0.1) is 0 Å². The van der Waals surface area contributed by atoms with Gasteiger partial charge >= 0.3 is 6.18 Å². The Morgan fingerprint density at radius 3 is 2.20 bits per heavy atom. The molecular weight excluding hydrogens is 312 g/mol. The molecule has 0 unspecified atom stereocenters. The molecule has 0 bridgehead atoms. The summed E-state index contributed by atoms with van der Waals surface area (Å²) in [5.41, 5.74) is -1.02. The first-order valence-corrected chi connectivity index (χ1v) is 6.22. The molecule has 0 saturated heterocycles. The average molecular weight is 319 g/mol. The molecule has 0 aliphatic carbocycles. The lowest BCUT2D eigenvalue weighted by Gasteiger charge is -2.11. The largest absolute Gasteiger partial charge is 0.417 e. The van der Waals surface area contributed by atoms with Crippen LogP contribution in [0.5, 0.6) is 0 Å². The van der Waals surface area contributed by atoms with Gasteiger partial charge in [0.1, 0.15) is 0 Å². The van der Waals surface area contributed by atoms with E-state index in [2.05, 4.69) is 0 Å². The van der Waals surface area contributed by atoms with Crippen LogP contribution in [0, 0.1) is 0 Å². The van der Waals surface area contributed by atoms with Crippen molar-refractivity contribution in [2.24, 2.45) is 0 Å². The van der Waals surface area contributed by atoms with Crippen molar-refractivity contribution >= 4 is 29.0 Å². The normalized spacial score (nSPS) is 11.4. The van der Waals surface area contributed by atoms with Crippen LogP contribution in [0.25, 0.3) is 0 Å². The Bertz CT molecular complexity index is 666. The number of halogens is 5. The van der Waals surface area contributed by atoms with Crippen LogP contribution in [0.2, 0.25) is 10.0 Å². The van der Waals surface area contributed by atoms with E-state index in [1.807, 2.05) is 0 Å². The van der Waals surface area contributed by atoms with E-state index in [9.17, 15) is 18.0 Å². The number of hydrogen-bond donors (Lipinski definition) is 0. The van der Waals surface area contributed by atoms with Crippen molar-refractivity contribution in [1.82, 2.24) is 0 Å². The first kappa shape index (κ1) is 14.9. The Morgan fingerprint density at radius 2 is 1.60 bits per heavy atom. The van der Waals surface area contributed by atoms with Crippen LogP contribution in [0.3, 0.4) is 0 Å². The fraction of sp³-hybridized carbons (Fsp3) is 0.0714. The number of hydrogen-bond acceptors (Lipinski definition) is 1. The minimum Gasteiger partial charge on any atom is -0.289 e. The Hall–Kier alpha value is -1.52. The van der Waals surface area contributed by atoms with Crippen LogP contribution in [0.15, 0.2) is 42.5 Å². The molecule has 0 saturated carbocycles. The van der Waals surface area contributed by atoms with Gasteiger partial charge < -0.3 is 0 Å². The summed E-state index contributed by atoms with van der Waals surface area (Å²) in [5, 5.41) is -0.269. The molecule has 0 spiro atoms. The summed E-state index contributed by atoms with van der Waals surface area (Å²) < 4.78 is 38.3. The van der Waals surface area contributed by atoms with Crippen molar-refractivity contribution in [3.05, 3.63) is 69.2 Å². The Morgan fingerprint density at radius 1 is 0.950 bits per heavy atom. The van der Waals surface area contributed by atoms with Crippen LogP contribution in [0.1, 0.15) is 21.5 Å². The lowest BCUT2D eigenvalue weighted by Crippen LogP contribution is -2.09. The van der Waals surface area contributed by atoms with E-state index >= 15 is 0 Å². The molecule has 0 amide bonds. The predicted molar refractivity (Wildman–Crippen MR) is 71.3 cm³/mol. The second-order valence-electron chi connectivity index (χ2n) is 4.00. The quantitative estimate of drug-likeness (QED) is 0.692. The van der Waals surface area contributed by atoms with Crippen LogP contribution < -0.4 is 0 Å². The Kier molecular flexibility index (Phi) is 4.06. The van der Waals surface area contributed by atoms with Crippen molar-refractivity contribution in [2.75, 3.05) is 0 Å². The summed E-state index contributed by atoms with van der Waals surface area (Å²) in [5.74, 6) is -0.585. The zero-order chi connectivity index (χ0) is 14.9. The highest BCUT2D eigenvalue weighted by Gasteiger charge is 2.34. The minimum atomic E-state index is -4.62. The molecule has 0 aliphatic heterocycles. The second-order valence-corrected chi connectivity index (χ2v) is 4.82. The van der Waals surface area contributed by atoms with Gasteiger partial charge in [0.2, 0.25) is 0 Å². The van der Waals surface area contributed by atoms with Crippen molar-refractivity contribution in [1.29, 1.82) is 0 Å². The smallest absolute Gasteiger partial charge is 0.289 e. The second kappa shape index (κ2) is 5.46. The van der Waals surface area contributed by atoms with Gasteiger partial charge in [-0.05, 0) is 30.3 Å². The standard InChI is InChI=1S/C14H7Cl2F3O/c15-11-4-2-1-3-9(11)13(20)8-5-6-12(16)10(7-8)14(17,18)19/h1-7H. The lowest BCUT2D eigenvalue weighted by atomic mass is 10.0. The molecular formula is C14H7Cl2F3O. The molecule has 0 heterocycles. The molecule has 0 aliphatic rings. The molecule has 6 heteroatoms. The fourth-order valence-electron chi connectivity index (χ4n) is 1.68. The molecule has 20 heavy (non-hydrogen) atoms. The van der Waals surface area contributed by atoms with Gasteiger partial charge in [0.05, 0.1) is 15.6 Å². The number of alkyl halides is 3. The van der Waals surface area contributed by atoms with E-state index < -0.39 is 22.5 Å². The summed E-state index contributed by atoms with van der Waals surface area (Å²) >= 11 is 11.4. The highest BCUT2D eigenvalue weighted by atomic mass is 35.5. The summed E-state index contributed by atoms with van der Waals surface area (Å²) in [6, 6.07) is 9.18. The summed E-state index contributed by atoms with van der Waals surface area (Å²) in [4.78, 5) is 12.2. The van der Waals surface area contributed by atoms with Gasteiger partial charge in [0, 0.05) is 11.1 Å². The van der Waals surface area contributed by atoms with Crippen LogP contribution >= 0.6 is 23.2 Å². The number of benzene rings is 2. The Labute approximate surface area is 122 Å². The van der Waals surface area contributed by atoms with Crippen LogP contribution in [-0.2, 0) is 6.18 Å². The fourth-order valence-corrected chi connectivity index (χ4v) is 2.13. The van der Waals surface area contributed by atoms with Gasteiger partial charge in [0.25, 0.3) is 0 Å². The maximum atomic E-state index is 12.8. The van der Waals surface area contributed by atoms with Crippen LogP contribution in [-0.4, -0.2) is 5.78 Å². The third-order valence-electron chi connectivity index (χ3n) is 2.65. The first-order chi connectivity index (χ1) is 9.30. The average Bonchev–Trinajstić information content (AvgIpc) is 2.37. The Balaban J connectivity index is 2.50. The SMILES string of the molecule is O=C(c1ccc(Cl)c(C(F)(F)F)c1)c1ccccc1Cl. The van der Waals surface area contributed by atoms with E-state index in [0.717, 1.165) is 12.1 Å². The van der Waals surface area contributed by atoms with E-state index in [0.29, 0.717) is 0 Å². The first-order valence-electron chi connectivity index (χ1n) is 5.46. The summed E-state index contributed by atoms with van der Waals surface area (Å²) in [6.45, 7) is 0. The van der Waals surface area contributed by atoms with Crippen LogP contribution in [0.4, 0.5) is 13.2 Å². The van der Waals surface area contributed by atoms with Gasteiger partial charge in [0.15, 0.2) is 5.78 Å². The lowest BCUT2D eigenvalue weighted by molar-refractivity contribution is -0.137. The highest BCUT2D eigenvalue weighted by Crippen LogP contribution is 2.35. The maximum absolute atomic E-state index is 12.8. The van der Waals surface area contributed by atoms with E-state index in [-0.39, 0.29) is 16.1 Å². The number of carbonyl (C=O) groups is 1. The van der Waals surface area contributed by atoms with Gasteiger partial charge in [-0.25, -0.2) is 0 Å². The molecule has 2 aromatic carbocycles. The zero-order valence-corrected chi connectivity index (χ0v) is 11.4. The van der Waals surface area contributed by atoms with E-state index in [1.165, 1.54) is 18.2 Å². The van der Waals surface area contributed by atoms with Gasteiger partial charge in [-0.1, -0.05) is 35.3 Å². The predicted octanol–water partition coefficient (Wildman–Crippen LogP) is 5.24. The molecule has 1 nitrogen and oxygen atoms in total. The van der Waals surface area contributed by atoms with E-state index in [1.54, 1.807) is 12.1 Å². The third kappa shape index (κ3) is 2.97. The monoisotopic (exact) mass is 318 g/mol. The van der Waals surface area contributed by atoms with Gasteiger partial charge in [-0.2, -0.15) is 13.2 Å². The molecule has 104 valence electrons. The number of ketones is 1. The zero-order valence-electron chi connectivity index (χ0n) is 9.84. The highest BCUT2D eigenvalue weighted by molar-refractivity contribution is 6.35. The summed E-state index contributed by atoms with van der Waals surface area (Å²) in [6.07, 6.45) is -4.62. The van der Waals surface area contributed by atoms with Crippen molar-refractivity contribution in [3.8, 4) is 0 Å². The number of carbonyl (C=O) groups excluding carboxylic acids is 1. The third-order valence-corrected chi connectivity index (χ3v) is 3.31. The van der Waals surface area contributed by atoms with Crippen molar-refractivity contribution in [2.45, 2.75) is 6.18 Å².